The lowest BCUT2D eigenvalue weighted by molar-refractivity contribution is -0.139. The minimum atomic E-state index is -0.560. The first kappa shape index (κ1) is 28.8. The zero-order valence-corrected chi connectivity index (χ0v) is 25.1. The van der Waals surface area contributed by atoms with Gasteiger partial charge in [-0.2, -0.15) is 0 Å². The van der Waals surface area contributed by atoms with Crippen LogP contribution in [-0.2, 0) is 24.7 Å². The van der Waals surface area contributed by atoms with Crippen molar-refractivity contribution < 1.29 is 14.0 Å². The molecule has 2 N–H and O–H groups in total. The molecule has 2 amide bonds. The summed E-state index contributed by atoms with van der Waals surface area (Å²) in [5.41, 5.74) is 3.39. The molecule has 0 saturated carbocycles. The second-order valence-electron chi connectivity index (χ2n) is 11.2. The van der Waals surface area contributed by atoms with E-state index >= 15 is 0 Å². The van der Waals surface area contributed by atoms with Crippen LogP contribution < -0.4 is 16.2 Å². The Bertz CT molecular complexity index is 1740. The Kier molecular flexibility index (Phi) is 7.85. The van der Waals surface area contributed by atoms with Crippen LogP contribution in [0.5, 0.6) is 0 Å². The third-order valence-electron chi connectivity index (χ3n) is 8.13. The molecule has 4 aromatic rings. The van der Waals surface area contributed by atoms with Crippen molar-refractivity contribution in [3.63, 3.8) is 0 Å². The predicted octanol–water partition coefficient (Wildman–Crippen LogP) is 4.97. The molecular weight excluding hydrogens is 567 g/mol. The number of carbonyl (C=O) groups excluding carboxylic acids is 2. The first-order chi connectivity index (χ1) is 20.7. The summed E-state index contributed by atoms with van der Waals surface area (Å²) in [6, 6.07) is 13.3. The van der Waals surface area contributed by atoms with Crippen LogP contribution in [-0.4, -0.2) is 58.4 Å². The fourth-order valence-corrected chi connectivity index (χ4v) is 6.77. The van der Waals surface area contributed by atoms with Gasteiger partial charge < -0.3 is 20.1 Å². The Morgan fingerprint density at radius 3 is 2.53 bits per heavy atom. The molecule has 0 bridgehead atoms. The number of anilines is 3. The van der Waals surface area contributed by atoms with Gasteiger partial charge in [-0.3, -0.25) is 19.3 Å². The van der Waals surface area contributed by atoms with Gasteiger partial charge in [0.25, 0.3) is 11.5 Å². The van der Waals surface area contributed by atoms with Gasteiger partial charge in [0, 0.05) is 49.5 Å². The molecule has 1 fully saturated rings. The summed E-state index contributed by atoms with van der Waals surface area (Å²) in [6.45, 7) is 1.47. The molecule has 1 atom stereocenters. The number of nitrogens with zero attached hydrogens (tertiary/aromatic N) is 4. The molecule has 222 valence electrons. The summed E-state index contributed by atoms with van der Waals surface area (Å²) < 4.78 is 16.2. The summed E-state index contributed by atoms with van der Waals surface area (Å²) in [6.07, 6.45) is 5.76. The molecule has 2 aromatic heterocycles. The highest BCUT2D eigenvalue weighted by molar-refractivity contribution is 7.14. The number of piperazine rings is 1. The van der Waals surface area contributed by atoms with Gasteiger partial charge in [0.2, 0.25) is 5.91 Å². The maximum atomic E-state index is 14.8. The van der Waals surface area contributed by atoms with Crippen LogP contribution in [0.15, 0.2) is 59.5 Å². The fraction of sp³-hybridized carbons (Fsp3) is 0.312. The van der Waals surface area contributed by atoms with Gasteiger partial charge in [-0.1, -0.05) is 12.1 Å². The largest absolute Gasteiger partial charge is 0.343 e. The number of aromatic nitrogens is 2. The van der Waals surface area contributed by atoms with E-state index < -0.39 is 5.82 Å². The molecule has 9 nitrogen and oxygen atoms in total. The van der Waals surface area contributed by atoms with Crippen molar-refractivity contribution in [2.24, 2.45) is 7.05 Å². The zero-order valence-electron chi connectivity index (χ0n) is 24.3. The summed E-state index contributed by atoms with van der Waals surface area (Å²) >= 11 is 1.47. The van der Waals surface area contributed by atoms with Crippen LogP contribution in [0.3, 0.4) is 0 Å². The molecule has 1 aliphatic heterocycles. The monoisotopic (exact) mass is 600 g/mol. The van der Waals surface area contributed by atoms with Crippen molar-refractivity contribution >= 4 is 40.3 Å². The molecule has 2 aliphatic rings. The quantitative estimate of drug-likeness (QED) is 0.324. The van der Waals surface area contributed by atoms with E-state index in [1.165, 1.54) is 38.5 Å². The van der Waals surface area contributed by atoms with E-state index in [0.717, 1.165) is 37.8 Å². The van der Waals surface area contributed by atoms with Crippen molar-refractivity contribution in [1.29, 1.82) is 0 Å². The fourth-order valence-electron chi connectivity index (χ4n) is 5.62. The lowest BCUT2D eigenvalue weighted by Gasteiger charge is -2.37. The van der Waals surface area contributed by atoms with E-state index in [1.807, 2.05) is 42.3 Å². The first-order valence-electron chi connectivity index (χ1n) is 14.3. The topological polar surface area (TPSA) is 99.6 Å². The second kappa shape index (κ2) is 11.7. The molecule has 3 heterocycles. The smallest absolute Gasteiger partial charge is 0.293 e. The number of nitrogens with one attached hydrogen (secondary N) is 2. The number of likely N-dealkylation sites (N-methyl/N-ethyl adjacent to an activating group) is 2. The van der Waals surface area contributed by atoms with Crippen LogP contribution >= 0.6 is 11.3 Å². The Morgan fingerprint density at radius 1 is 1.00 bits per heavy atom. The molecule has 1 saturated heterocycles. The van der Waals surface area contributed by atoms with Gasteiger partial charge in [-0.05, 0) is 80.3 Å². The lowest BCUT2D eigenvalue weighted by Crippen LogP contribution is -2.48. The summed E-state index contributed by atoms with van der Waals surface area (Å²) in [4.78, 5) is 48.8. The number of aryl methyl sites for hydroxylation is 3. The van der Waals surface area contributed by atoms with E-state index in [2.05, 4.69) is 15.6 Å². The highest BCUT2D eigenvalue weighted by atomic mass is 32.1. The number of benzene rings is 2. The molecule has 0 spiro atoms. The number of halogens is 1. The van der Waals surface area contributed by atoms with Crippen molar-refractivity contribution in [2.75, 3.05) is 37.8 Å². The van der Waals surface area contributed by atoms with Gasteiger partial charge in [-0.25, -0.2) is 9.37 Å². The highest BCUT2D eigenvalue weighted by Crippen LogP contribution is 2.31. The zero-order chi connectivity index (χ0) is 30.2. The predicted molar refractivity (Wildman–Crippen MR) is 167 cm³/mol. The van der Waals surface area contributed by atoms with Crippen molar-refractivity contribution in [3.8, 4) is 11.3 Å². The summed E-state index contributed by atoms with van der Waals surface area (Å²) in [5.74, 6) is -0.767. The van der Waals surface area contributed by atoms with Gasteiger partial charge in [-0.15, -0.1) is 11.3 Å². The first-order valence-corrected chi connectivity index (χ1v) is 15.1. The molecule has 0 radical (unpaired) electrons. The summed E-state index contributed by atoms with van der Waals surface area (Å²) in [7, 11) is 5.36. The maximum absolute atomic E-state index is 14.8. The lowest BCUT2D eigenvalue weighted by atomic mass is 9.99. The van der Waals surface area contributed by atoms with Crippen LogP contribution in [0.4, 0.5) is 21.6 Å². The minimum Gasteiger partial charge on any atom is -0.343 e. The normalized spacial score (nSPS) is 17.1. The third kappa shape index (κ3) is 5.82. The molecule has 43 heavy (non-hydrogen) atoms. The number of hydrogen-bond acceptors (Lipinski definition) is 7. The number of amides is 2. The van der Waals surface area contributed by atoms with Crippen molar-refractivity contribution in [3.05, 3.63) is 91.8 Å². The average Bonchev–Trinajstić information content (AvgIpc) is 3.44. The Morgan fingerprint density at radius 2 is 1.77 bits per heavy atom. The Labute approximate surface area is 253 Å². The van der Waals surface area contributed by atoms with E-state index in [9.17, 15) is 18.8 Å². The third-order valence-corrected chi connectivity index (χ3v) is 9.37. The molecule has 1 aliphatic carbocycles. The number of thiophene rings is 1. The number of rotatable bonds is 6. The van der Waals surface area contributed by atoms with Gasteiger partial charge in [0.15, 0.2) is 5.82 Å². The number of hydrogen-bond donors (Lipinski definition) is 2. The maximum Gasteiger partial charge on any atom is 0.293 e. The minimum absolute atomic E-state index is 0.0436. The molecule has 2 aromatic carbocycles. The van der Waals surface area contributed by atoms with Gasteiger partial charge >= 0.3 is 0 Å². The highest BCUT2D eigenvalue weighted by Gasteiger charge is 2.32. The standard InChI is InChI=1S/C32H33FN6O3S/c1-37-14-15-38(2)31(41)28(37)19-8-11-22(12-9-19)34-29-32(42)39(3)18-25(35-29)20-10-13-23(33)24(16-20)36-30(40)27-17-21-6-4-5-7-26(21)43-27/h8-13,16-18,28H,4-7,14-15H2,1-3H3,(H,34,35)(H,36,40)/t28-/m1/s1. The second-order valence-corrected chi connectivity index (χ2v) is 12.3. The molecule has 0 unspecified atom stereocenters. The SMILES string of the molecule is CN1CCN(C)[C@H](c2ccc(Nc3nc(-c4ccc(F)c(NC(=O)c5cc6c(s5)CCCC6)c4)cn(C)c3=O)cc2)C1=O. The number of carbonyl (C=O) groups is 2. The van der Waals surface area contributed by atoms with Crippen molar-refractivity contribution in [2.45, 2.75) is 31.7 Å². The van der Waals surface area contributed by atoms with Gasteiger partial charge in [0.1, 0.15) is 11.9 Å². The van der Waals surface area contributed by atoms with Crippen LogP contribution in [0, 0.1) is 5.82 Å². The van der Waals surface area contributed by atoms with E-state index in [4.69, 9.17) is 0 Å². The van der Waals surface area contributed by atoms with E-state index in [1.54, 1.807) is 31.3 Å². The van der Waals surface area contributed by atoms with Crippen molar-refractivity contribution in [1.82, 2.24) is 19.4 Å². The average molecular weight is 601 g/mol. The van der Waals surface area contributed by atoms with Crippen LogP contribution in [0.2, 0.25) is 0 Å². The molecular formula is C32H33FN6O3S. The van der Waals surface area contributed by atoms with E-state index in [-0.39, 0.29) is 34.9 Å². The van der Waals surface area contributed by atoms with E-state index in [0.29, 0.717) is 28.4 Å². The molecule has 6 rings (SSSR count). The number of fused-ring (bicyclic) bond motifs is 1. The molecule has 11 heteroatoms. The Hall–Kier alpha value is -4.35. The summed E-state index contributed by atoms with van der Waals surface area (Å²) in [5, 5.41) is 5.81. The Balaban J connectivity index is 1.23. The van der Waals surface area contributed by atoms with Crippen LogP contribution in [0.25, 0.3) is 11.3 Å². The van der Waals surface area contributed by atoms with Crippen LogP contribution in [0.1, 0.15) is 44.6 Å². The van der Waals surface area contributed by atoms with Gasteiger partial charge in [0.05, 0.1) is 16.3 Å².